The molecule has 0 aromatic heterocycles. The molecule has 0 aromatic rings. The van der Waals surface area contributed by atoms with Crippen LogP contribution in [0.15, 0.2) is 0 Å². The van der Waals surface area contributed by atoms with Crippen molar-refractivity contribution in [3.05, 3.63) is 0 Å². The van der Waals surface area contributed by atoms with Crippen molar-refractivity contribution >= 4 is 29.4 Å². The van der Waals surface area contributed by atoms with E-state index in [1.807, 2.05) is 0 Å². The van der Waals surface area contributed by atoms with Gasteiger partial charge in [0.25, 0.3) is 5.78 Å². The molecule has 1 rings (SSSR count). The van der Waals surface area contributed by atoms with Gasteiger partial charge < -0.3 is 0 Å². The lowest BCUT2D eigenvalue weighted by atomic mass is 10.3. The van der Waals surface area contributed by atoms with E-state index in [9.17, 15) is 14.4 Å². The van der Waals surface area contributed by atoms with Gasteiger partial charge in [-0.25, -0.2) is 0 Å². The maximum atomic E-state index is 10.4. The van der Waals surface area contributed by atoms with Gasteiger partial charge in [-0.2, -0.15) is 0 Å². The Balaban J connectivity index is 2.74. The average Bonchev–Trinajstić information content (AvgIpc) is 1.83. The Morgan fingerprint density at radius 3 is 2.44 bits per heavy atom. The van der Waals surface area contributed by atoms with Gasteiger partial charge in [-0.05, 0) is 11.9 Å². The van der Waals surface area contributed by atoms with E-state index in [-0.39, 0.29) is 5.75 Å². The van der Waals surface area contributed by atoms with Crippen molar-refractivity contribution in [3.63, 3.8) is 0 Å². The lowest BCUT2D eigenvalue weighted by Crippen LogP contribution is -2.38. The summed E-state index contributed by atoms with van der Waals surface area (Å²) in [5.74, 6) is -2.31. The summed E-state index contributed by atoms with van der Waals surface area (Å²) < 4.78 is 2.17. The minimum Gasteiger partial charge on any atom is -0.293 e. The standard InChI is InChI=1S/C4H3NO3S/c6-2-1-9-5-4(8)3(2)7/h1H2,(H,5,8). The van der Waals surface area contributed by atoms with Crippen molar-refractivity contribution in [2.45, 2.75) is 0 Å². The number of ketones is 2. The van der Waals surface area contributed by atoms with E-state index in [0.29, 0.717) is 0 Å². The molecule has 5 heteroatoms. The predicted octanol–water partition coefficient (Wildman–Crippen LogP) is -1.10. The molecule has 1 N–H and O–H groups in total. The van der Waals surface area contributed by atoms with Crippen molar-refractivity contribution in [2.24, 2.45) is 0 Å². The van der Waals surface area contributed by atoms with Crippen molar-refractivity contribution < 1.29 is 14.4 Å². The smallest absolute Gasteiger partial charge is 0.293 e. The fraction of sp³-hybridized carbons (Fsp3) is 0.250. The zero-order chi connectivity index (χ0) is 6.85. The molecule has 0 saturated carbocycles. The number of nitrogens with one attached hydrogen (secondary N) is 1. The van der Waals surface area contributed by atoms with Gasteiger partial charge in [0, 0.05) is 0 Å². The first kappa shape index (κ1) is 6.28. The third-order valence-corrected chi connectivity index (χ3v) is 1.56. The minimum atomic E-state index is -0.936. The van der Waals surface area contributed by atoms with Gasteiger partial charge in [-0.15, -0.1) is 0 Å². The Hall–Kier alpha value is -0.840. The van der Waals surface area contributed by atoms with Crippen LogP contribution in [0.5, 0.6) is 0 Å². The second kappa shape index (κ2) is 2.18. The molecule has 1 amide bonds. The molecule has 0 unspecified atom stereocenters. The van der Waals surface area contributed by atoms with E-state index in [2.05, 4.69) is 4.72 Å². The van der Waals surface area contributed by atoms with Crippen LogP contribution in [0.4, 0.5) is 0 Å². The van der Waals surface area contributed by atoms with Gasteiger partial charge in [0.05, 0.1) is 5.75 Å². The van der Waals surface area contributed by atoms with Crippen LogP contribution in [0.3, 0.4) is 0 Å². The zero-order valence-electron chi connectivity index (χ0n) is 4.34. The lowest BCUT2D eigenvalue weighted by molar-refractivity contribution is -0.143. The maximum absolute atomic E-state index is 10.4. The molecular weight excluding hydrogens is 142 g/mol. The molecule has 0 aliphatic carbocycles. The summed E-state index contributed by atoms with van der Waals surface area (Å²) in [6.07, 6.45) is 0. The molecule has 1 saturated heterocycles. The molecule has 48 valence electrons. The average molecular weight is 145 g/mol. The van der Waals surface area contributed by atoms with Crippen LogP contribution in [-0.2, 0) is 14.4 Å². The molecule has 0 atom stereocenters. The van der Waals surface area contributed by atoms with Gasteiger partial charge in [-0.3, -0.25) is 19.1 Å². The molecule has 0 spiro atoms. The Bertz CT molecular complexity index is 170. The Morgan fingerprint density at radius 2 is 2.00 bits per heavy atom. The topological polar surface area (TPSA) is 63.2 Å². The molecular formula is C4H3NO3S. The molecule has 1 fully saturated rings. The normalized spacial score (nSPS) is 19.8. The van der Waals surface area contributed by atoms with Crippen molar-refractivity contribution in [2.75, 3.05) is 5.75 Å². The minimum absolute atomic E-state index is 0.0601. The number of carbonyl (C=O) groups is 3. The summed E-state index contributed by atoms with van der Waals surface area (Å²) in [6.45, 7) is 0. The summed E-state index contributed by atoms with van der Waals surface area (Å²) in [6, 6.07) is 0. The highest BCUT2D eigenvalue weighted by Gasteiger charge is 2.26. The highest BCUT2D eigenvalue weighted by atomic mass is 32.2. The third kappa shape index (κ3) is 1.10. The summed E-state index contributed by atoms with van der Waals surface area (Å²) >= 11 is 0.945. The first-order chi connectivity index (χ1) is 4.22. The van der Waals surface area contributed by atoms with Gasteiger partial charge in [0.2, 0.25) is 5.78 Å². The monoisotopic (exact) mass is 145 g/mol. The molecule has 0 aromatic carbocycles. The first-order valence-electron chi connectivity index (χ1n) is 2.21. The number of amides is 1. The SMILES string of the molecule is O=C1CSNC(=O)C1=O. The van der Waals surface area contributed by atoms with Crippen molar-refractivity contribution in [1.82, 2.24) is 4.72 Å². The predicted molar refractivity (Wildman–Crippen MR) is 30.6 cm³/mol. The second-order valence-corrected chi connectivity index (χ2v) is 2.25. The number of hydrogen-bond donors (Lipinski definition) is 1. The number of rotatable bonds is 0. The summed E-state index contributed by atoms with van der Waals surface area (Å²) in [5.41, 5.74) is 0. The van der Waals surface area contributed by atoms with Crippen LogP contribution >= 0.6 is 11.9 Å². The zero-order valence-corrected chi connectivity index (χ0v) is 5.16. The highest BCUT2D eigenvalue weighted by molar-refractivity contribution is 7.99. The van der Waals surface area contributed by atoms with E-state index >= 15 is 0 Å². The molecule has 1 heterocycles. The van der Waals surface area contributed by atoms with E-state index in [1.54, 1.807) is 0 Å². The lowest BCUT2D eigenvalue weighted by Gasteiger charge is -2.05. The van der Waals surface area contributed by atoms with E-state index in [4.69, 9.17) is 0 Å². The van der Waals surface area contributed by atoms with Gasteiger partial charge >= 0.3 is 5.91 Å². The van der Waals surface area contributed by atoms with Crippen LogP contribution in [-0.4, -0.2) is 23.2 Å². The number of carbonyl (C=O) groups excluding carboxylic acids is 3. The van der Waals surface area contributed by atoms with Crippen LogP contribution in [0, 0.1) is 0 Å². The molecule has 4 nitrogen and oxygen atoms in total. The molecule has 9 heavy (non-hydrogen) atoms. The number of Topliss-reactive ketones (excluding diaryl/α,β-unsaturated/α-hetero) is 2. The Morgan fingerprint density at radius 1 is 1.33 bits per heavy atom. The molecule has 1 aliphatic heterocycles. The Kier molecular flexibility index (Phi) is 1.52. The molecule has 0 bridgehead atoms. The Labute approximate surface area is 55.1 Å². The van der Waals surface area contributed by atoms with E-state index in [1.165, 1.54) is 0 Å². The number of hydrogen-bond acceptors (Lipinski definition) is 4. The third-order valence-electron chi connectivity index (χ3n) is 0.828. The van der Waals surface area contributed by atoms with Crippen LogP contribution < -0.4 is 4.72 Å². The second-order valence-electron chi connectivity index (χ2n) is 1.47. The largest absolute Gasteiger partial charge is 0.305 e. The summed E-state index contributed by atoms with van der Waals surface area (Å²) in [4.78, 5) is 31.0. The highest BCUT2D eigenvalue weighted by Crippen LogP contribution is 2.00. The summed E-state index contributed by atoms with van der Waals surface area (Å²) in [5, 5.41) is 0. The van der Waals surface area contributed by atoms with Gasteiger partial charge in [0.1, 0.15) is 0 Å². The summed E-state index contributed by atoms with van der Waals surface area (Å²) in [7, 11) is 0. The van der Waals surface area contributed by atoms with Crippen molar-refractivity contribution in [1.29, 1.82) is 0 Å². The first-order valence-corrected chi connectivity index (χ1v) is 3.19. The van der Waals surface area contributed by atoms with Gasteiger partial charge in [-0.1, -0.05) is 0 Å². The fourth-order valence-corrected chi connectivity index (χ4v) is 0.964. The van der Waals surface area contributed by atoms with Crippen LogP contribution in [0.2, 0.25) is 0 Å². The van der Waals surface area contributed by atoms with Gasteiger partial charge in [0.15, 0.2) is 0 Å². The molecule has 0 radical (unpaired) electrons. The van der Waals surface area contributed by atoms with E-state index in [0.717, 1.165) is 11.9 Å². The van der Waals surface area contributed by atoms with E-state index < -0.39 is 17.5 Å². The quantitative estimate of drug-likeness (QED) is 0.347. The molecule has 1 aliphatic rings. The maximum Gasteiger partial charge on any atom is 0.305 e. The van der Waals surface area contributed by atoms with Crippen LogP contribution in [0.25, 0.3) is 0 Å². The van der Waals surface area contributed by atoms with Crippen LogP contribution in [0.1, 0.15) is 0 Å². The fourth-order valence-electron chi connectivity index (χ4n) is 0.406. The van der Waals surface area contributed by atoms with Crippen molar-refractivity contribution in [3.8, 4) is 0 Å².